The predicted octanol–water partition coefficient (Wildman–Crippen LogP) is 3.32. The van der Waals surface area contributed by atoms with Crippen LogP contribution in [-0.4, -0.2) is 43.0 Å². The molecule has 0 aliphatic carbocycles. The van der Waals surface area contributed by atoms with Crippen molar-refractivity contribution in [1.82, 2.24) is 24.8 Å². The third-order valence-electron chi connectivity index (χ3n) is 4.32. The number of carbonyl (C=O) groups is 2. The molecule has 0 saturated heterocycles. The number of benzene rings is 1. The molecule has 1 aromatic carbocycles. The molecule has 0 radical (unpaired) electrons. The fourth-order valence-corrected chi connectivity index (χ4v) is 2.67. The number of carboxylic acid groups (broad SMARTS) is 1. The Morgan fingerprint density at radius 2 is 2.00 bits per heavy atom. The van der Waals surface area contributed by atoms with Gasteiger partial charge in [0.2, 0.25) is 5.82 Å². The molecule has 30 heavy (non-hydrogen) atoms. The lowest BCUT2D eigenvalue weighted by atomic mass is 9.86. The molecule has 3 rings (SSSR count). The van der Waals surface area contributed by atoms with Crippen molar-refractivity contribution in [1.29, 1.82) is 0 Å². The van der Waals surface area contributed by atoms with E-state index in [1.165, 1.54) is 18.2 Å². The number of imidazole rings is 2. The number of nitrogens with one attached hydrogen (secondary N) is 2. The Hall–Kier alpha value is -3.37. The van der Waals surface area contributed by atoms with Gasteiger partial charge in [-0.25, -0.2) is 9.97 Å². The second-order valence-electron chi connectivity index (χ2n) is 7.57. The van der Waals surface area contributed by atoms with E-state index in [4.69, 9.17) is 9.90 Å². The molecule has 11 heteroatoms. The second-order valence-corrected chi connectivity index (χ2v) is 7.57. The number of carbonyl (C=O) groups excluding carboxylic acids is 1. The lowest BCUT2D eigenvalue weighted by Crippen LogP contribution is -2.46. The van der Waals surface area contributed by atoms with Gasteiger partial charge in [0, 0.05) is 24.5 Å². The number of amides is 1. The molecular weight excluding hydrogens is 403 g/mol. The number of alkyl halides is 3. The maximum atomic E-state index is 12.8. The highest BCUT2D eigenvalue weighted by atomic mass is 19.4. The summed E-state index contributed by atoms with van der Waals surface area (Å²) >= 11 is 0. The normalized spacial score (nSPS) is 12.7. The number of H-pyrrole nitrogens is 1. The van der Waals surface area contributed by atoms with Gasteiger partial charge in [0.15, 0.2) is 0 Å². The minimum Gasteiger partial charge on any atom is -0.483 e. The highest BCUT2D eigenvalue weighted by molar-refractivity contribution is 5.97. The molecule has 0 fully saturated rings. The van der Waals surface area contributed by atoms with Crippen LogP contribution in [0.2, 0.25) is 0 Å². The van der Waals surface area contributed by atoms with E-state index in [0.29, 0.717) is 6.54 Å². The van der Waals surface area contributed by atoms with Crippen LogP contribution in [0.25, 0.3) is 11.0 Å². The maximum Gasteiger partial charge on any atom is 0.449 e. The predicted molar refractivity (Wildman–Crippen MR) is 103 cm³/mol. The first kappa shape index (κ1) is 22.9. The first-order valence-corrected chi connectivity index (χ1v) is 8.87. The average molecular weight is 425 g/mol. The third-order valence-corrected chi connectivity index (χ3v) is 4.32. The topological polar surface area (TPSA) is 113 Å². The summed E-state index contributed by atoms with van der Waals surface area (Å²) in [6.07, 6.45) is 0.565. The van der Waals surface area contributed by atoms with Gasteiger partial charge in [-0.3, -0.25) is 9.59 Å². The molecule has 0 bridgehead atoms. The van der Waals surface area contributed by atoms with Crippen LogP contribution in [0.3, 0.4) is 0 Å². The summed E-state index contributed by atoms with van der Waals surface area (Å²) in [5.41, 5.74) is 0.350. The van der Waals surface area contributed by atoms with Crippen molar-refractivity contribution < 1.29 is 27.9 Å². The molecule has 1 unspecified atom stereocenters. The van der Waals surface area contributed by atoms with Crippen LogP contribution in [-0.2, 0) is 17.5 Å². The fourth-order valence-electron chi connectivity index (χ4n) is 2.67. The number of fused-ring (bicyclic) bond motifs is 1. The van der Waals surface area contributed by atoms with Crippen molar-refractivity contribution in [2.75, 3.05) is 0 Å². The molecule has 0 aliphatic rings. The quantitative estimate of drug-likeness (QED) is 0.555. The van der Waals surface area contributed by atoms with Crippen LogP contribution in [0.4, 0.5) is 13.2 Å². The standard InChI is InChI=1S/C18H20F3N5O.CH2O2/c1-17(2,3)14(9-26-7-6-22-10-26)25-15(27)11-4-5-12-13(8-11)24-16(23-12)18(19,20)21;2-1-3/h4-8,10,14H,9H2,1-3H3,(H,23,24)(H,25,27);1H,(H,2,3). The van der Waals surface area contributed by atoms with E-state index in [-0.39, 0.29) is 40.4 Å². The Labute approximate surface area is 170 Å². The number of aromatic amines is 1. The van der Waals surface area contributed by atoms with Crippen molar-refractivity contribution in [2.24, 2.45) is 5.41 Å². The number of hydrogen-bond acceptors (Lipinski definition) is 4. The zero-order valence-electron chi connectivity index (χ0n) is 16.6. The smallest absolute Gasteiger partial charge is 0.449 e. The zero-order chi connectivity index (χ0) is 22.5. The lowest BCUT2D eigenvalue weighted by molar-refractivity contribution is -0.144. The SMILES string of the molecule is CC(C)(C)C(Cn1ccnc1)NC(=O)c1ccc2nc(C(F)(F)F)[nH]c2c1.O=CO. The summed E-state index contributed by atoms with van der Waals surface area (Å²) in [7, 11) is 0. The van der Waals surface area contributed by atoms with Gasteiger partial charge in [-0.15, -0.1) is 0 Å². The summed E-state index contributed by atoms with van der Waals surface area (Å²) < 4.78 is 40.2. The summed E-state index contributed by atoms with van der Waals surface area (Å²) in [4.78, 5) is 30.8. The molecule has 1 atom stereocenters. The number of rotatable bonds is 4. The summed E-state index contributed by atoms with van der Waals surface area (Å²) in [6.45, 7) is 6.29. The molecule has 3 aromatic rings. The largest absolute Gasteiger partial charge is 0.483 e. The number of halogens is 3. The Morgan fingerprint density at radius 1 is 1.33 bits per heavy atom. The Kier molecular flexibility index (Phi) is 6.85. The second kappa shape index (κ2) is 8.97. The van der Waals surface area contributed by atoms with Crippen LogP contribution in [0.15, 0.2) is 36.9 Å². The molecule has 1 amide bonds. The van der Waals surface area contributed by atoms with Crippen LogP contribution < -0.4 is 5.32 Å². The van der Waals surface area contributed by atoms with E-state index < -0.39 is 12.0 Å². The monoisotopic (exact) mass is 425 g/mol. The number of aromatic nitrogens is 4. The molecular formula is C19H22F3N5O3. The van der Waals surface area contributed by atoms with Gasteiger partial charge in [0.1, 0.15) is 0 Å². The molecule has 0 aliphatic heterocycles. The van der Waals surface area contributed by atoms with E-state index in [0.717, 1.165) is 0 Å². The van der Waals surface area contributed by atoms with Gasteiger partial charge >= 0.3 is 6.18 Å². The van der Waals surface area contributed by atoms with E-state index >= 15 is 0 Å². The van der Waals surface area contributed by atoms with Crippen molar-refractivity contribution in [3.05, 3.63) is 48.3 Å². The van der Waals surface area contributed by atoms with E-state index in [9.17, 15) is 18.0 Å². The number of nitrogens with zero attached hydrogens (tertiary/aromatic N) is 3. The molecule has 162 valence electrons. The molecule has 2 aromatic heterocycles. The van der Waals surface area contributed by atoms with Crippen LogP contribution >= 0.6 is 0 Å². The number of hydrogen-bond donors (Lipinski definition) is 3. The van der Waals surface area contributed by atoms with Gasteiger partial charge in [0.05, 0.1) is 23.4 Å². The minimum atomic E-state index is -4.57. The molecule has 0 saturated carbocycles. The Balaban J connectivity index is 0.00000101. The van der Waals surface area contributed by atoms with Crippen molar-refractivity contribution in [3.8, 4) is 0 Å². The summed E-state index contributed by atoms with van der Waals surface area (Å²) in [5, 5.41) is 9.86. The van der Waals surface area contributed by atoms with Gasteiger partial charge in [-0.05, 0) is 23.6 Å². The van der Waals surface area contributed by atoms with Crippen LogP contribution in [0.1, 0.15) is 37.0 Å². The molecule has 3 N–H and O–H groups in total. The van der Waals surface area contributed by atoms with Gasteiger partial charge in [-0.1, -0.05) is 20.8 Å². The highest BCUT2D eigenvalue weighted by Gasteiger charge is 2.35. The van der Waals surface area contributed by atoms with Gasteiger partial charge in [-0.2, -0.15) is 13.2 Å². The van der Waals surface area contributed by atoms with E-state index in [2.05, 4.69) is 20.3 Å². The van der Waals surface area contributed by atoms with Crippen LogP contribution in [0, 0.1) is 5.41 Å². The van der Waals surface area contributed by atoms with Crippen molar-refractivity contribution in [2.45, 2.75) is 39.5 Å². The third kappa shape index (κ3) is 5.82. The van der Waals surface area contributed by atoms with Gasteiger partial charge in [0.25, 0.3) is 12.4 Å². The van der Waals surface area contributed by atoms with Gasteiger partial charge < -0.3 is 20.0 Å². The average Bonchev–Trinajstić information content (AvgIpc) is 3.29. The van der Waals surface area contributed by atoms with Crippen molar-refractivity contribution in [3.63, 3.8) is 0 Å². The fraction of sp³-hybridized carbons (Fsp3) is 0.368. The first-order chi connectivity index (χ1) is 14.0. The van der Waals surface area contributed by atoms with E-state index in [1.54, 1.807) is 18.7 Å². The lowest BCUT2D eigenvalue weighted by Gasteiger charge is -2.31. The zero-order valence-corrected chi connectivity index (χ0v) is 16.6. The molecule has 8 nitrogen and oxygen atoms in total. The van der Waals surface area contributed by atoms with Crippen LogP contribution in [0.5, 0.6) is 0 Å². The summed E-state index contributed by atoms with van der Waals surface area (Å²) in [5.74, 6) is -1.44. The van der Waals surface area contributed by atoms with Crippen molar-refractivity contribution >= 4 is 23.4 Å². The minimum absolute atomic E-state index is 0.157. The maximum absolute atomic E-state index is 12.8. The summed E-state index contributed by atoms with van der Waals surface area (Å²) in [6, 6.07) is 4.04. The Morgan fingerprint density at radius 3 is 2.53 bits per heavy atom. The van der Waals surface area contributed by atoms with E-state index in [1.807, 2.05) is 25.3 Å². The molecule has 2 heterocycles. The highest BCUT2D eigenvalue weighted by Crippen LogP contribution is 2.29. The Bertz CT molecular complexity index is 991. The molecule has 0 spiro atoms. The first-order valence-electron chi connectivity index (χ1n) is 8.87.